The first-order valence-electron chi connectivity index (χ1n) is 11.4. The van der Waals surface area contributed by atoms with Crippen molar-refractivity contribution in [3.63, 3.8) is 0 Å². The molecule has 0 bridgehead atoms. The van der Waals surface area contributed by atoms with Crippen molar-refractivity contribution in [2.75, 3.05) is 11.9 Å². The van der Waals surface area contributed by atoms with Crippen LogP contribution in [0.3, 0.4) is 0 Å². The molecule has 37 heavy (non-hydrogen) atoms. The van der Waals surface area contributed by atoms with E-state index < -0.39 is 30.3 Å². The van der Waals surface area contributed by atoms with Crippen LogP contribution in [-0.2, 0) is 4.79 Å². The molecule has 3 aromatic rings. The Bertz CT molecular complexity index is 1380. The second-order valence-corrected chi connectivity index (χ2v) is 8.31. The number of ether oxygens (including phenoxy) is 1. The van der Waals surface area contributed by atoms with E-state index in [0.29, 0.717) is 35.0 Å². The molecule has 0 fully saturated rings. The Morgan fingerprint density at radius 1 is 1.14 bits per heavy atom. The normalized spacial score (nSPS) is 14.7. The Balaban J connectivity index is 1.36. The summed E-state index contributed by atoms with van der Waals surface area (Å²) in [6.45, 7) is 1.46. The molecule has 3 amide bonds. The van der Waals surface area contributed by atoms with Gasteiger partial charge in [-0.3, -0.25) is 14.6 Å². The highest BCUT2D eigenvalue weighted by Gasteiger charge is 2.15. The highest BCUT2D eigenvalue weighted by atomic mass is 19.1. The van der Waals surface area contributed by atoms with Crippen molar-refractivity contribution < 1.29 is 28.6 Å². The number of amides is 3. The summed E-state index contributed by atoms with van der Waals surface area (Å²) in [5, 5.41) is 16.2. The van der Waals surface area contributed by atoms with Gasteiger partial charge in [0.25, 0.3) is 5.91 Å². The number of aromatic nitrogens is 2. The van der Waals surface area contributed by atoms with Gasteiger partial charge in [0, 0.05) is 24.1 Å². The number of nitrogens with zero attached hydrogens (tertiary/aromatic N) is 1. The molecule has 0 spiro atoms. The molecule has 0 aliphatic heterocycles. The van der Waals surface area contributed by atoms with Crippen LogP contribution in [0, 0.1) is 5.92 Å². The number of hydrogen-bond donors (Lipinski definition) is 5. The predicted molar refractivity (Wildman–Crippen MR) is 134 cm³/mol. The van der Waals surface area contributed by atoms with Crippen molar-refractivity contribution in [1.82, 2.24) is 20.6 Å². The van der Waals surface area contributed by atoms with Gasteiger partial charge in [0.2, 0.25) is 0 Å². The lowest BCUT2D eigenvalue weighted by Crippen LogP contribution is -2.29. The summed E-state index contributed by atoms with van der Waals surface area (Å²) >= 11 is 0. The van der Waals surface area contributed by atoms with Gasteiger partial charge in [0.05, 0.1) is 22.6 Å². The van der Waals surface area contributed by atoms with Crippen LogP contribution in [0.25, 0.3) is 11.4 Å². The summed E-state index contributed by atoms with van der Waals surface area (Å²) in [5.41, 5.74) is 1.97. The number of H-pyrrole nitrogens is 1. The van der Waals surface area contributed by atoms with Gasteiger partial charge in [0.1, 0.15) is 23.9 Å². The number of carbonyl (C=O) groups is 3. The molecular formula is C26H24FN5O5. The van der Waals surface area contributed by atoms with Gasteiger partial charge in [-0.25, -0.2) is 9.18 Å². The molecule has 10 nitrogen and oxygen atoms in total. The summed E-state index contributed by atoms with van der Waals surface area (Å²) in [4.78, 5) is 42.1. The van der Waals surface area contributed by atoms with Crippen LogP contribution in [0.1, 0.15) is 23.7 Å². The zero-order valence-corrected chi connectivity index (χ0v) is 19.7. The number of rotatable bonds is 8. The molecule has 4 rings (SSSR count). The van der Waals surface area contributed by atoms with Crippen LogP contribution in [0.2, 0.25) is 0 Å². The molecule has 0 radical (unpaired) electrons. The van der Waals surface area contributed by atoms with Gasteiger partial charge in [-0.1, -0.05) is 13.0 Å². The number of hydrogen-bond acceptors (Lipinski definition) is 5. The number of carbonyl (C=O) groups excluding carboxylic acids is 2. The van der Waals surface area contributed by atoms with Crippen molar-refractivity contribution in [3.8, 4) is 22.9 Å². The number of carboxylic acid groups (broad SMARTS) is 1. The van der Waals surface area contributed by atoms with Gasteiger partial charge in [-0.05, 0) is 54.8 Å². The summed E-state index contributed by atoms with van der Waals surface area (Å²) in [6, 6.07) is 11.0. The topological polar surface area (TPSA) is 145 Å². The fraction of sp³-hybridized carbons (Fsp3) is 0.154. The Morgan fingerprint density at radius 3 is 2.68 bits per heavy atom. The zero-order chi connectivity index (χ0) is 26.4. The van der Waals surface area contributed by atoms with E-state index in [0.717, 1.165) is 0 Å². The second kappa shape index (κ2) is 11.2. The number of nitrogens with one attached hydrogen (secondary N) is 4. The van der Waals surface area contributed by atoms with E-state index in [1.807, 2.05) is 6.92 Å². The smallest absolute Gasteiger partial charge is 0.323 e. The van der Waals surface area contributed by atoms with Crippen molar-refractivity contribution in [3.05, 3.63) is 84.1 Å². The van der Waals surface area contributed by atoms with Crippen molar-refractivity contribution in [2.45, 2.75) is 13.3 Å². The summed E-state index contributed by atoms with van der Waals surface area (Å²) in [6.07, 6.45) is 6.72. The van der Waals surface area contributed by atoms with E-state index in [9.17, 15) is 18.8 Å². The molecule has 2 heterocycles. The number of aromatic amines is 1. The Hall–Kier alpha value is -4.93. The van der Waals surface area contributed by atoms with Crippen molar-refractivity contribution in [2.24, 2.45) is 5.92 Å². The van der Waals surface area contributed by atoms with Crippen LogP contribution in [0.5, 0.6) is 11.5 Å². The van der Waals surface area contributed by atoms with E-state index >= 15 is 0 Å². The molecule has 1 aliphatic rings. The third-order valence-electron chi connectivity index (χ3n) is 5.33. The molecule has 1 aromatic carbocycles. The summed E-state index contributed by atoms with van der Waals surface area (Å²) < 4.78 is 19.8. The van der Waals surface area contributed by atoms with Crippen LogP contribution in [-0.4, -0.2) is 39.5 Å². The molecule has 190 valence electrons. The third kappa shape index (κ3) is 6.82. The zero-order valence-electron chi connectivity index (χ0n) is 19.7. The van der Waals surface area contributed by atoms with Gasteiger partial charge >= 0.3 is 12.0 Å². The molecular weight excluding hydrogens is 481 g/mol. The molecule has 2 aromatic heterocycles. The fourth-order valence-corrected chi connectivity index (χ4v) is 3.51. The highest BCUT2D eigenvalue weighted by molar-refractivity contribution is 5.96. The van der Waals surface area contributed by atoms with Gasteiger partial charge in [-0.15, -0.1) is 0 Å². The van der Waals surface area contributed by atoms with Crippen LogP contribution < -0.4 is 20.7 Å². The number of halogens is 1. The fourth-order valence-electron chi connectivity index (χ4n) is 3.51. The van der Waals surface area contributed by atoms with Gasteiger partial charge < -0.3 is 30.8 Å². The Morgan fingerprint density at radius 2 is 1.92 bits per heavy atom. The van der Waals surface area contributed by atoms with E-state index in [4.69, 9.17) is 9.84 Å². The lowest BCUT2D eigenvalue weighted by atomic mass is 10.0. The van der Waals surface area contributed by atoms with Gasteiger partial charge in [0.15, 0.2) is 0 Å². The second-order valence-electron chi connectivity index (χ2n) is 8.31. The number of allylic oxidation sites excluding steroid dienone is 3. The summed E-state index contributed by atoms with van der Waals surface area (Å²) in [5.74, 6) is -0.988. The lowest BCUT2D eigenvalue weighted by molar-refractivity contribution is -0.135. The third-order valence-corrected chi connectivity index (χ3v) is 5.33. The van der Waals surface area contributed by atoms with Gasteiger partial charge in [-0.2, -0.15) is 0 Å². The highest BCUT2D eigenvalue weighted by Crippen LogP contribution is 2.27. The number of carboxylic acids is 1. The minimum absolute atomic E-state index is 0.141. The Labute approximate surface area is 211 Å². The first-order valence-corrected chi connectivity index (χ1v) is 11.4. The number of aliphatic carboxylic acids is 1. The molecule has 1 unspecified atom stereocenters. The maximum atomic E-state index is 13.9. The first kappa shape index (κ1) is 25.2. The minimum atomic E-state index is -1.14. The quantitative estimate of drug-likeness (QED) is 0.303. The predicted octanol–water partition coefficient (Wildman–Crippen LogP) is 4.58. The average molecular weight is 506 g/mol. The molecule has 0 saturated heterocycles. The Kier molecular flexibility index (Phi) is 7.62. The number of anilines is 1. The standard InChI is InChI=1S/C26H24FN5O5/c1-15-2-7-20(27)21(10-15)32-26(36)31-17-3-5-18(6-4-17)37-19-8-9-28-23(12-19)22-11-16(13-29-22)25(35)30-14-24(33)34/h3-13,15,29H,2,14H2,1H3,(H,30,35)(H,33,34)(H2,31,32,36). The molecule has 1 atom stereocenters. The van der Waals surface area contributed by atoms with Crippen LogP contribution in [0.4, 0.5) is 14.9 Å². The van der Waals surface area contributed by atoms with E-state index in [-0.39, 0.29) is 17.2 Å². The molecule has 11 heteroatoms. The van der Waals surface area contributed by atoms with E-state index in [1.54, 1.807) is 54.7 Å². The number of benzene rings is 1. The lowest BCUT2D eigenvalue weighted by Gasteiger charge is -2.16. The van der Waals surface area contributed by atoms with E-state index in [1.165, 1.54) is 12.3 Å². The monoisotopic (exact) mass is 505 g/mol. The SMILES string of the molecule is CC1C=C(NC(=O)Nc2ccc(Oc3ccnc(-c4cc(C(=O)NCC(=O)O)c[nH]4)c3)cc2)C(F)=CC1. The first-order chi connectivity index (χ1) is 17.8. The summed E-state index contributed by atoms with van der Waals surface area (Å²) in [7, 11) is 0. The van der Waals surface area contributed by atoms with Crippen LogP contribution in [0.15, 0.2) is 78.5 Å². The largest absolute Gasteiger partial charge is 0.480 e. The molecule has 0 saturated carbocycles. The van der Waals surface area contributed by atoms with Crippen molar-refractivity contribution in [1.29, 1.82) is 0 Å². The minimum Gasteiger partial charge on any atom is -0.480 e. The molecule has 1 aliphatic carbocycles. The maximum absolute atomic E-state index is 13.9. The van der Waals surface area contributed by atoms with Crippen LogP contribution >= 0.6 is 0 Å². The molecule has 5 N–H and O–H groups in total. The average Bonchev–Trinajstić information content (AvgIpc) is 3.37. The maximum Gasteiger partial charge on any atom is 0.323 e. The van der Waals surface area contributed by atoms with E-state index in [2.05, 4.69) is 25.9 Å². The van der Waals surface area contributed by atoms with Crippen molar-refractivity contribution >= 4 is 23.6 Å². The number of pyridine rings is 1. The number of urea groups is 1.